The van der Waals surface area contributed by atoms with Crippen molar-refractivity contribution in [1.82, 2.24) is 19.8 Å². The van der Waals surface area contributed by atoms with Gasteiger partial charge in [0, 0.05) is 37.9 Å². The number of nitrogens with one attached hydrogen (secondary N) is 1. The Kier molecular flexibility index (Phi) is 7.42. The number of nitrogens with zero attached hydrogens (tertiary/aromatic N) is 3. The summed E-state index contributed by atoms with van der Waals surface area (Å²) >= 11 is 0. The summed E-state index contributed by atoms with van der Waals surface area (Å²) in [4.78, 5) is 18.5. The molecule has 4 rings (SSSR count). The number of fused-ring (bicyclic) bond motifs is 2. The summed E-state index contributed by atoms with van der Waals surface area (Å²) in [5.74, 6) is 0.0178. The van der Waals surface area contributed by atoms with Gasteiger partial charge in [-0.3, -0.25) is 4.79 Å². The van der Waals surface area contributed by atoms with E-state index in [0.29, 0.717) is 38.6 Å². The van der Waals surface area contributed by atoms with Crippen molar-refractivity contribution < 1.29 is 19.7 Å². The van der Waals surface area contributed by atoms with Crippen LogP contribution in [-0.4, -0.2) is 80.7 Å². The predicted octanol–water partition coefficient (Wildman–Crippen LogP) is 1.93. The molecule has 6 atom stereocenters. The van der Waals surface area contributed by atoms with Gasteiger partial charge < -0.3 is 29.7 Å². The van der Waals surface area contributed by atoms with E-state index >= 15 is 0 Å². The van der Waals surface area contributed by atoms with E-state index < -0.39 is 23.4 Å². The number of aliphatic hydroxyl groups excluding tert-OH is 2. The topological polar surface area (TPSA) is 99.9 Å². The lowest BCUT2D eigenvalue weighted by Crippen LogP contribution is -2.61. The molecule has 2 bridgehead atoms. The molecule has 186 valence electrons. The third kappa shape index (κ3) is 5.20. The minimum Gasteiger partial charge on any atom is -0.388 e. The third-order valence-electron chi connectivity index (χ3n) is 7.72. The van der Waals surface area contributed by atoms with Gasteiger partial charge in [0.25, 0.3) is 0 Å². The first-order valence-electron chi connectivity index (χ1n) is 12.2. The molecule has 0 saturated carbocycles. The van der Waals surface area contributed by atoms with Crippen molar-refractivity contribution >= 4 is 5.91 Å². The molecule has 1 aromatic heterocycles. The Balaban J connectivity index is 1.53. The first-order chi connectivity index (χ1) is 16.2. The van der Waals surface area contributed by atoms with Gasteiger partial charge in [-0.25, -0.2) is 4.98 Å². The summed E-state index contributed by atoms with van der Waals surface area (Å²) < 4.78 is 8.54. The lowest BCUT2D eigenvalue weighted by molar-refractivity contribution is -0.250. The number of aromatic nitrogens is 2. The Morgan fingerprint density at radius 3 is 2.76 bits per heavy atom. The average molecular weight is 471 g/mol. The molecule has 2 aliphatic rings. The summed E-state index contributed by atoms with van der Waals surface area (Å²) in [6.07, 6.45) is 6.55. The minimum atomic E-state index is -0.886. The molecule has 1 aromatic carbocycles. The fourth-order valence-electron chi connectivity index (χ4n) is 5.82. The number of carbonyl (C=O) groups is 1. The van der Waals surface area contributed by atoms with Crippen molar-refractivity contribution in [3.63, 3.8) is 0 Å². The molecule has 3 N–H and O–H groups in total. The van der Waals surface area contributed by atoms with Crippen molar-refractivity contribution in [2.45, 2.75) is 80.9 Å². The van der Waals surface area contributed by atoms with Gasteiger partial charge in [-0.1, -0.05) is 30.3 Å². The van der Waals surface area contributed by atoms with Crippen molar-refractivity contribution in [1.29, 1.82) is 0 Å². The number of hydrogen-bond acceptors (Lipinski definition) is 6. The Morgan fingerprint density at radius 1 is 1.32 bits per heavy atom. The summed E-state index contributed by atoms with van der Waals surface area (Å²) in [6.45, 7) is 2.62. The molecule has 2 aliphatic heterocycles. The minimum absolute atomic E-state index is 0.0710. The zero-order valence-electron chi connectivity index (χ0n) is 20.4. The van der Waals surface area contributed by atoms with E-state index in [-0.39, 0.29) is 24.4 Å². The van der Waals surface area contributed by atoms with Crippen molar-refractivity contribution in [3.8, 4) is 0 Å². The number of ether oxygens (including phenoxy) is 1. The molecule has 0 spiro atoms. The maximum atomic E-state index is 12.5. The zero-order chi connectivity index (χ0) is 24.3. The highest BCUT2D eigenvalue weighted by Gasteiger charge is 2.57. The van der Waals surface area contributed by atoms with Gasteiger partial charge in [0.15, 0.2) is 0 Å². The van der Waals surface area contributed by atoms with Crippen LogP contribution in [0.15, 0.2) is 49.1 Å². The Hall–Kier alpha value is -2.26. The molecule has 8 heteroatoms. The Labute approximate surface area is 201 Å². The van der Waals surface area contributed by atoms with Crippen LogP contribution in [0.2, 0.25) is 0 Å². The first kappa shape index (κ1) is 24.9. The number of imidazole rings is 1. The predicted molar refractivity (Wildman–Crippen MR) is 129 cm³/mol. The van der Waals surface area contributed by atoms with Crippen molar-refractivity contribution in [3.05, 3.63) is 54.6 Å². The monoisotopic (exact) mass is 470 g/mol. The third-order valence-corrected chi connectivity index (χ3v) is 7.72. The molecular formula is C26H38N4O4. The standard InChI is InChI=1S/C26H38N4O4/c1-25-15-20(19-7-5-4-6-8-19)16-26(34-25,11-9-21(24(25)33)29(2)3)22(31)17-28-23(32)10-13-30-14-12-27-18-30/h4-8,12,14,18,20-22,24,31,33H,9-11,13,15-17H2,1-3H3,(H,28,32)/t20-,21-,22-,24+,25+,26+/m1/s1. The maximum Gasteiger partial charge on any atom is 0.221 e. The van der Waals surface area contributed by atoms with Crippen LogP contribution in [0.1, 0.15) is 50.5 Å². The number of benzene rings is 1. The molecule has 0 radical (unpaired) electrons. The van der Waals surface area contributed by atoms with Crippen LogP contribution in [0.4, 0.5) is 0 Å². The fourth-order valence-corrected chi connectivity index (χ4v) is 5.82. The number of amides is 1. The van der Waals surface area contributed by atoms with Crippen LogP contribution >= 0.6 is 0 Å². The molecular weight excluding hydrogens is 432 g/mol. The summed E-state index contributed by atoms with van der Waals surface area (Å²) in [7, 11) is 3.95. The van der Waals surface area contributed by atoms with Crippen LogP contribution in [0.3, 0.4) is 0 Å². The molecule has 0 unspecified atom stereocenters. The van der Waals surface area contributed by atoms with E-state index in [4.69, 9.17) is 4.74 Å². The quantitative estimate of drug-likeness (QED) is 0.545. The molecule has 2 saturated heterocycles. The Morgan fingerprint density at radius 2 is 2.09 bits per heavy atom. The summed E-state index contributed by atoms with van der Waals surface area (Å²) in [5, 5.41) is 25.7. The molecule has 0 aliphatic carbocycles. The molecule has 2 aromatic rings. The van der Waals surface area contributed by atoms with Gasteiger partial charge in [0.1, 0.15) is 6.10 Å². The summed E-state index contributed by atoms with van der Waals surface area (Å²) in [6, 6.07) is 10.2. The van der Waals surface area contributed by atoms with Crippen LogP contribution in [-0.2, 0) is 16.1 Å². The largest absolute Gasteiger partial charge is 0.388 e. The van der Waals surface area contributed by atoms with E-state index in [1.54, 1.807) is 12.5 Å². The highest BCUT2D eigenvalue weighted by atomic mass is 16.6. The normalized spacial score (nSPS) is 32.2. The van der Waals surface area contributed by atoms with Gasteiger partial charge in [-0.05, 0) is 58.2 Å². The fraction of sp³-hybridized carbons (Fsp3) is 0.615. The Bertz CT molecular complexity index is 938. The van der Waals surface area contributed by atoms with Gasteiger partial charge in [-0.2, -0.15) is 0 Å². The van der Waals surface area contributed by atoms with E-state index in [1.165, 1.54) is 5.56 Å². The first-order valence-corrected chi connectivity index (χ1v) is 12.2. The average Bonchev–Trinajstić information content (AvgIpc) is 3.32. The van der Waals surface area contributed by atoms with Gasteiger partial charge in [0.05, 0.1) is 23.6 Å². The van der Waals surface area contributed by atoms with E-state index in [2.05, 4.69) is 27.3 Å². The van der Waals surface area contributed by atoms with Crippen molar-refractivity contribution in [2.75, 3.05) is 20.6 Å². The number of aliphatic hydroxyl groups is 2. The van der Waals surface area contributed by atoms with Crippen LogP contribution in [0.5, 0.6) is 0 Å². The molecule has 8 nitrogen and oxygen atoms in total. The molecule has 34 heavy (non-hydrogen) atoms. The maximum absolute atomic E-state index is 12.5. The SMILES string of the molecule is CN(C)[C@@H]1CC[C@@]2([C@H](O)CNC(=O)CCn3ccnc3)C[C@H](c3ccccc3)C[C@](C)(O2)[C@H]1O. The lowest BCUT2D eigenvalue weighted by atomic mass is 9.72. The zero-order valence-corrected chi connectivity index (χ0v) is 20.4. The van der Waals surface area contributed by atoms with Crippen LogP contribution in [0.25, 0.3) is 0 Å². The number of aryl methyl sites for hydroxylation is 1. The second-order valence-corrected chi connectivity index (χ2v) is 10.4. The van der Waals surface area contributed by atoms with Crippen molar-refractivity contribution in [2.24, 2.45) is 0 Å². The second-order valence-electron chi connectivity index (χ2n) is 10.4. The highest BCUT2D eigenvalue weighted by Crippen LogP contribution is 2.51. The van der Waals surface area contributed by atoms with Gasteiger partial charge >= 0.3 is 0 Å². The molecule has 1 amide bonds. The summed E-state index contributed by atoms with van der Waals surface area (Å²) in [5.41, 5.74) is -0.471. The van der Waals surface area contributed by atoms with Gasteiger partial charge in [0.2, 0.25) is 5.91 Å². The second kappa shape index (κ2) is 10.2. The lowest BCUT2D eigenvalue weighted by Gasteiger charge is -2.52. The molecule has 2 fully saturated rings. The number of carbonyl (C=O) groups excluding carboxylic acids is 1. The smallest absolute Gasteiger partial charge is 0.221 e. The molecule has 3 heterocycles. The van der Waals surface area contributed by atoms with Crippen LogP contribution < -0.4 is 5.32 Å². The van der Waals surface area contributed by atoms with E-state index in [9.17, 15) is 15.0 Å². The highest BCUT2D eigenvalue weighted by molar-refractivity contribution is 5.75. The number of hydrogen-bond donors (Lipinski definition) is 3. The number of rotatable bonds is 8. The van der Waals surface area contributed by atoms with E-state index in [1.807, 2.05) is 50.0 Å². The number of likely N-dealkylation sites (N-methyl/N-ethyl adjacent to an activating group) is 1. The van der Waals surface area contributed by atoms with Crippen LogP contribution in [0, 0.1) is 0 Å². The van der Waals surface area contributed by atoms with E-state index in [0.717, 1.165) is 0 Å². The van der Waals surface area contributed by atoms with Gasteiger partial charge in [-0.15, -0.1) is 0 Å².